The Bertz CT molecular complexity index is 218. The smallest absolute Gasteiger partial charge is 0.389 e. The van der Waals surface area contributed by atoms with Crippen LogP contribution in [-0.2, 0) is 4.74 Å². The van der Waals surface area contributed by atoms with Crippen LogP contribution in [0.4, 0.5) is 13.2 Å². The van der Waals surface area contributed by atoms with Crippen molar-refractivity contribution in [3.8, 4) is 0 Å². The van der Waals surface area contributed by atoms with Gasteiger partial charge in [-0.1, -0.05) is 13.0 Å². The molecule has 0 spiro atoms. The van der Waals surface area contributed by atoms with Crippen molar-refractivity contribution in [2.24, 2.45) is 4.99 Å². The summed E-state index contributed by atoms with van der Waals surface area (Å²) in [6, 6.07) is 0. The van der Waals surface area contributed by atoms with Gasteiger partial charge in [-0.05, 0) is 19.1 Å². The number of aliphatic imine (C=N–C) groups is 1. The molecule has 0 atom stereocenters. The Kier molecular flexibility index (Phi) is 4.87. The standard InChI is InChI=1S/C8H10F3NO/c1-3-4-5-6-12-7(2)13-8(9,10)11/h4-6H,2-3H2,1H3/b5-4-,12-6-. The second kappa shape index (κ2) is 5.40. The zero-order valence-corrected chi connectivity index (χ0v) is 7.14. The van der Waals surface area contributed by atoms with Gasteiger partial charge >= 0.3 is 6.36 Å². The highest BCUT2D eigenvalue weighted by Gasteiger charge is 2.31. The van der Waals surface area contributed by atoms with Crippen LogP contribution in [0.1, 0.15) is 13.3 Å². The lowest BCUT2D eigenvalue weighted by Gasteiger charge is -2.06. The Balaban J connectivity index is 3.88. The van der Waals surface area contributed by atoms with Crippen LogP contribution >= 0.6 is 0 Å². The molecule has 0 unspecified atom stereocenters. The summed E-state index contributed by atoms with van der Waals surface area (Å²) in [6.45, 7) is 4.86. The van der Waals surface area contributed by atoms with Crippen molar-refractivity contribution < 1.29 is 17.9 Å². The Morgan fingerprint density at radius 3 is 2.62 bits per heavy atom. The van der Waals surface area contributed by atoms with Crippen LogP contribution in [0, 0.1) is 0 Å². The SMILES string of the molecule is C=C(/N=C\C=C/CC)OC(F)(F)F. The van der Waals surface area contributed by atoms with Crippen molar-refractivity contribution >= 4 is 6.21 Å². The predicted molar refractivity (Wildman–Crippen MR) is 44.2 cm³/mol. The molecule has 0 saturated heterocycles. The first-order valence-corrected chi connectivity index (χ1v) is 3.59. The maximum atomic E-state index is 11.5. The fourth-order valence-corrected chi connectivity index (χ4v) is 0.483. The lowest BCUT2D eigenvalue weighted by Crippen LogP contribution is -2.11. The van der Waals surface area contributed by atoms with Gasteiger partial charge in [0.25, 0.3) is 0 Å². The molecule has 0 aromatic rings. The van der Waals surface area contributed by atoms with E-state index in [4.69, 9.17) is 0 Å². The Hall–Kier alpha value is -1.26. The van der Waals surface area contributed by atoms with Crippen molar-refractivity contribution in [3.05, 3.63) is 24.6 Å². The van der Waals surface area contributed by atoms with Crippen molar-refractivity contribution in [1.29, 1.82) is 0 Å². The minimum Gasteiger partial charge on any atom is -0.389 e. The monoisotopic (exact) mass is 193 g/mol. The molecule has 0 rings (SSSR count). The molecular formula is C8H10F3NO. The molecule has 0 aliphatic heterocycles. The van der Waals surface area contributed by atoms with Crippen LogP contribution in [-0.4, -0.2) is 12.6 Å². The van der Waals surface area contributed by atoms with Gasteiger partial charge in [-0.2, -0.15) is 0 Å². The number of alkyl halides is 3. The first kappa shape index (κ1) is 11.7. The number of halogens is 3. The van der Waals surface area contributed by atoms with E-state index in [0.717, 1.165) is 6.42 Å². The molecule has 5 heteroatoms. The lowest BCUT2D eigenvalue weighted by molar-refractivity contribution is -0.305. The molecule has 0 aliphatic carbocycles. The van der Waals surface area contributed by atoms with Gasteiger partial charge in [0.15, 0.2) is 0 Å². The average molecular weight is 193 g/mol. The van der Waals surface area contributed by atoms with E-state index in [9.17, 15) is 13.2 Å². The van der Waals surface area contributed by atoms with Gasteiger partial charge in [0, 0.05) is 6.21 Å². The fourth-order valence-electron chi connectivity index (χ4n) is 0.483. The van der Waals surface area contributed by atoms with Crippen LogP contribution in [0.3, 0.4) is 0 Å². The van der Waals surface area contributed by atoms with Gasteiger partial charge in [0.1, 0.15) is 0 Å². The Morgan fingerprint density at radius 1 is 1.54 bits per heavy atom. The van der Waals surface area contributed by atoms with Crippen LogP contribution in [0.2, 0.25) is 0 Å². The number of hydrogen-bond donors (Lipinski definition) is 0. The summed E-state index contributed by atoms with van der Waals surface area (Å²) in [6.07, 6.45) is 0.522. The number of hydrogen-bond acceptors (Lipinski definition) is 2. The molecule has 0 radical (unpaired) electrons. The van der Waals surface area contributed by atoms with Gasteiger partial charge in [0.2, 0.25) is 5.88 Å². The summed E-state index contributed by atoms with van der Waals surface area (Å²) < 4.78 is 37.9. The third-order valence-electron chi connectivity index (χ3n) is 0.910. The molecule has 13 heavy (non-hydrogen) atoms. The molecule has 2 nitrogen and oxygen atoms in total. The molecule has 0 bridgehead atoms. The number of ether oxygens (including phenoxy) is 1. The highest BCUT2D eigenvalue weighted by molar-refractivity contribution is 5.71. The van der Waals surface area contributed by atoms with Crippen LogP contribution in [0.5, 0.6) is 0 Å². The van der Waals surface area contributed by atoms with Gasteiger partial charge in [-0.3, -0.25) is 0 Å². The zero-order chi connectivity index (χ0) is 10.3. The molecule has 0 aromatic heterocycles. The topological polar surface area (TPSA) is 21.6 Å². The normalized spacial score (nSPS) is 12.6. The quantitative estimate of drug-likeness (QED) is 0.496. The van der Waals surface area contributed by atoms with E-state index in [1.54, 1.807) is 6.08 Å². The van der Waals surface area contributed by atoms with Gasteiger partial charge < -0.3 is 4.74 Å². The minimum absolute atomic E-state index is 0.673. The molecule has 74 valence electrons. The van der Waals surface area contributed by atoms with Gasteiger partial charge in [-0.15, -0.1) is 13.2 Å². The highest BCUT2D eigenvalue weighted by atomic mass is 19.4. The third kappa shape index (κ3) is 8.65. The summed E-state index contributed by atoms with van der Waals surface area (Å²) in [7, 11) is 0. The Labute approximate surface area is 74.4 Å². The van der Waals surface area contributed by atoms with Crippen molar-refractivity contribution in [1.82, 2.24) is 0 Å². The molecule has 0 aliphatic rings. The molecule has 0 heterocycles. The first-order chi connectivity index (χ1) is 5.95. The largest absolute Gasteiger partial charge is 0.574 e. The second-order valence-electron chi connectivity index (χ2n) is 2.06. The summed E-state index contributed by atoms with van der Waals surface area (Å²) in [5, 5.41) is 0. The number of nitrogens with zero attached hydrogens (tertiary/aromatic N) is 1. The molecular weight excluding hydrogens is 183 g/mol. The summed E-state index contributed by atoms with van der Waals surface area (Å²) in [5.74, 6) is -0.673. The maximum Gasteiger partial charge on any atom is 0.574 e. The highest BCUT2D eigenvalue weighted by Crippen LogP contribution is 2.19. The van der Waals surface area contributed by atoms with E-state index in [1.807, 2.05) is 6.92 Å². The first-order valence-electron chi connectivity index (χ1n) is 3.59. The average Bonchev–Trinajstić information content (AvgIpc) is 1.94. The Morgan fingerprint density at radius 2 is 2.15 bits per heavy atom. The molecule has 0 saturated carbocycles. The fraction of sp³-hybridized carbons (Fsp3) is 0.375. The molecule has 0 amide bonds. The minimum atomic E-state index is -4.72. The van der Waals surface area contributed by atoms with E-state index in [-0.39, 0.29) is 0 Å². The van der Waals surface area contributed by atoms with Crippen LogP contribution in [0.15, 0.2) is 29.6 Å². The van der Waals surface area contributed by atoms with Crippen LogP contribution in [0.25, 0.3) is 0 Å². The van der Waals surface area contributed by atoms with Gasteiger partial charge in [-0.25, -0.2) is 4.99 Å². The second-order valence-corrected chi connectivity index (χ2v) is 2.06. The summed E-state index contributed by atoms with van der Waals surface area (Å²) in [4.78, 5) is 3.30. The van der Waals surface area contributed by atoms with Crippen molar-refractivity contribution in [3.63, 3.8) is 0 Å². The van der Waals surface area contributed by atoms with E-state index in [2.05, 4.69) is 16.3 Å². The number of rotatable bonds is 4. The molecule has 0 N–H and O–H groups in total. The maximum absolute atomic E-state index is 11.5. The molecule has 0 fully saturated rings. The van der Waals surface area contributed by atoms with E-state index >= 15 is 0 Å². The van der Waals surface area contributed by atoms with E-state index < -0.39 is 12.2 Å². The van der Waals surface area contributed by atoms with Crippen molar-refractivity contribution in [2.45, 2.75) is 19.7 Å². The van der Waals surface area contributed by atoms with Crippen molar-refractivity contribution in [2.75, 3.05) is 0 Å². The molecule has 0 aromatic carbocycles. The van der Waals surface area contributed by atoms with E-state index in [0.29, 0.717) is 0 Å². The predicted octanol–water partition coefficient (Wildman–Crippen LogP) is 3.03. The van der Waals surface area contributed by atoms with Gasteiger partial charge in [0.05, 0.1) is 0 Å². The summed E-state index contributed by atoms with van der Waals surface area (Å²) in [5.41, 5.74) is 0. The zero-order valence-electron chi connectivity index (χ0n) is 7.14. The lowest BCUT2D eigenvalue weighted by atomic mass is 10.4. The summed E-state index contributed by atoms with van der Waals surface area (Å²) >= 11 is 0. The van der Waals surface area contributed by atoms with Crippen LogP contribution < -0.4 is 0 Å². The van der Waals surface area contributed by atoms with E-state index in [1.165, 1.54) is 12.3 Å². The number of allylic oxidation sites excluding steroid dienone is 2. The third-order valence-corrected chi connectivity index (χ3v) is 0.910.